The summed E-state index contributed by atoms with van der Waals surface area (Å²) in [6.07, 6.45) is -0.0391. The fraction of sp³-hybridized carbons (Fsp3) is 0.344. The monoisotopic (exact) mass is 542 g/mol. The van der Waals surface area contributed by atoms with E-state index < -0.39 is 35.7 Å². The number of hydrogen-bond donors (Lipinski definition) is 3. The number of ether oxygens (including phenoxy) is 2. The van der Waals surface area contributed by atoms with Crippen molar-refractivity contribution in [2.24, 2.45) is 5.92 Å². The van der Waals surface area contributed by atoms with E-state index in [4.69, 9.17) is 9.47 Å². The van der Waals surface area contributed by atoms with Crippen molar-refractivity contribution in [1.82, 2.24) is 10.6 Å². The first-order chi connectivity index (χ1) is 19.3. The van der Waals surface area contributed by atoms with Gasteiger partial charge in [0.05, 0.1) is 12.7 Å². The van der Waals surface area contributed by atoms with Crippen LogP contribution in [-0.4, -0.2) is 47.4 Å². The van der Waals surface area contributed by atoms with E-state index in [1.807, 2.05) is 66.7 Å². The minimum atomic E-state index is -1.32. The first kappa shape index (κ1) is 27.4. The lowest BCUT2D eigenvalue weighted by molar-refractivity contribution is -0.147. The lowest BCUT2D eigenvalue weighted by atomic mass is 9.94. The van der Waals surface area contributed by atoms with Gasteiger partial charge in [0.2, 0.25) is 5.91 Å². The third kappa shape index (κ3) is 5.72. The van der Waals surface area contributed by atoms with Gasteiger partial charge in [-0.05, 0) is 60.4 Å². The topological polar surface area (TPSA) is 114 Å². The van der Waals surface area contributed by atoms with E-state index in [2.05, 4.69) is 22.8 Å². The molecule has 2 aliphatic rings. The van der Waals surface area contributed by atoms with Gasteiger partial charge in [0.1, 0.15) is 12.1 Å². The van der Waals surface area contributed by atoms with E-state index in [9.17, 15) is 19.5 Å². The summed E-state index contributed by atoms with van der Waals surface area (Å²) < 4.78 is 11.4. The maximum atomic E-state index is 13.5. The number of carboxylic acid groups (broad SMARTS) is 1. The van der Waals surface area contributed by atoms with Crippen molar-refractivity contribution in [3.63, 3.8) is 0 Å². The van der Waals surface area contributed by atoms with Gasteiger partial charge in [-0.2, -0.15) is 0 Å². The van der Waals surface area contributed by atoms with Crippen LogP contribution in [0.15, 0.2) is 78.9 Å². The highest BCUT2D eigenvalue weighted by atomic mass is 16.5. The molecule has 8 nitrogen and oxygen atoms in total. The second-order valence-corrected chi connectivity index (χ2v) is 10.7. The Kier molecular flexibility index (Phi) is 7.89. The number of aliphatic carboxylic acids is 1. The van der Waals surface area contributed by atoms with Crippen molar-refractivity contribution in [3.8, 4) is 11.1 Å². The Morgan fingerprint density at radius 3 is 2.08 bits per heavy atom. The van der Waals surface area contributed by atoms with Gasteiger partial charge in [-0.3, -0.25) is 4.79 Å². The summed E-state index contributed by atoms with van der Waals surface area (Å²) in [7, 11) is 0. The van der Waals surface area contributed by atoms with Crippen LogP contribution in [0.25, 0.3) is 11.1 Å². The maximum absolute atomic E-state index is 13.5. The van der Waals surface area contributed by atoms with Crippen molar-refractivity contribution < 1.29 is 29.0 Å². The molecule has 0 saturated heterocycles. The largest absolute Gasteiger partial charge is 0.480 e. The molecule has 2 aliphatic carbocycles. The molecule has 0 aromatic heterocycles. The van der Waals surface area contributed by atoms with E-state index in [-0.39, 0.29) is 25.0 Å². The molecule has 208 valence electrons. The second kappa shape index (κ2) is 11.5. The minimum Gasteiger partial charge on any atom is -0.480 e. The van der Waals surface area contributed by atoms with E-state index in [1.165, 1.54) is 0 Å². The number of benzene rings is 3. The molecule has 0 heterocycles. The molecule has 0 aliphatic heterocycles. The minimum absolute atomic E-state index is 0.113. The Morgan fingerprint density at radius 2 is 1.50 bits per heavy atom. The van der Waals surface area contributed by atoms with E-state index in [1.54, 1.807) is 13.8 Å². The third-order valence-electron chi connectivity index (χ3n) is 7.95. The summed E-state index contributed by atoms with van der Waals surface area (Å²) in [5.41, 5.74) is 4.00. The van der Waals surface area contributed by atoms with Crippen LogP contribution < -0.4 is 10.6 Å². The average molecular weight is 543 g/mol. The summed E-state index contributed by atoms with van der Waals surface area (Å²) in [6.45, 7) is 3.55. The predicted octanol–water partition coefficient (Wildman–Crippen LogP) is 4.87. The lowest BCUT2D eigenvalue weighted by Gasteiger charge is -2.32. The third-order valence-corrected chi connectivity index (χ3v) is 7.95. The SMILES string of the molecule is C[C@H](OCc1ccccc1)[C@@H](NC(=O)C(C)(NC(=O)OCC1c2ccccc2-c2ccccc21)C1CC1)C(=O)O. The van der Waals surface area contributed by atoms with Crippen molar-refractivity contribution >= 4 is 18.0 Å². The summed E-state index contributed by atoms with van der Waals surface area (Å²) in [5.74, 6) is -2.03. The molecule has 0 bridgehead atoms. The van der Waals surface area contributed by atoms with Crippen molar-refractivity contribution in [2.75, 3.05) is 6.61 Å². The highest BCUT2D eigenvalue weighted by molar-refractivity contribution is 5.93. The van der Waals surface area contributed by atoms with Gasteiger partial charge in [0.25, 0.3) is 0 Å². The number of carbonyl (C=O) groups is 3. The Balaban J connectivity index is 1.23. The number of carbonyl (C=O) groups excluding carboxylic acids is 2. The Labute approximate surface area is 233 Å². The number of hydrogen-bond acceptors (Lipinski definition) is 5. The van der Waals surface area contributed by atoms with E-state index >= 15 is 0 Å². The van der Waals surface area contributed by atoms with Crippen LogP contribution in [0.3, 0.4) is 0 Å². The normalized spacial score (nSPS) is 17.1. The van der Waals surface area contributed by atoms with Crippen LogP contribution in [0.2, 0.25) is 0 Å². The standard InChI is InChI=1S/C32H34N2O6/c1-20(39-18-21-10-4-3-5-11-21)28(29(35)36)33-30(37)32(2,22-16-17-22)34-31(38)40-19-27-25-14-8-6-12-23(25)24-13-7-9-15-26(24)27/h3-15,20,22,27-28H,16-19H2,1-2H3,(H,33,37)(H,34,38)(H,35,36)/t20-,28+,32?/m0/s1. The smallest absolute Gasteiger partial charge is 0.408 e. The molecule has 3 aromatic rings. The molecule has 40 heavy (non-hydrogen) atoms. The summed E-state index contributed by atoms with van der Waals surface area (Å²) in [4.78, 5) is 38.6. The number of rotatable bonds is 11. The number of alkyl carbamates (subject to hydrolysis) is 1. The Bertz CT molecular complexity index is 1340. The maximum Gasteiger partial charge on any atom is 0.408 e. The molecule has 0 spiro atoms. The first-order valence-corrected chi connectivity index (χ1v) is 13.6. The molecule has 0 radical (unpaired) electrons. The van der Waals surface area contributed by atoms with Crippen LogP contribution in [0, 0.1) is 5.92 Å². The number of carboxylic acids is 1. The Morgan fingerprint density at radius 1 is 0.925 bits per heavy atom. The van der Waals surface area contributed by atoms with Crippen LogP contribution in [0.5, 0.6) is 0 Å². The molecule has 1 saturated carbocycles. The molecule has 3 N–H and O–H groups in total. The van der Waals surface area contributed by atoms with Crippen LogP contribution in [0.1, 0.15) is 49.3 Å². The molecular weight excluding hydrogens is 508 g/mol. The molecular formula is C32H34N2O6. The number of nitrogens with one attached hydrogen (secondary N) is 2. The second-order valence-electron chi connectivity index (χ2n) is 10.7. The van der Waals surface area contributed by atoms with Gasteiger partial charge >= 0.3 is 12.1 Å². The average Bonchev–Trinajstić information content (AvgIpc) is 3.77. The van der Waals surface area contributed by atoms with Gasteiger partial charge in [-0.15, -0.1) is 0 Å². The molecule has 3 aromatic carbocycles. The lowest BCUT2D eigenvalue weighted by Crippen LogP contribution is -2.62. The Hall–Kier alpha value is -4.17. The molecule has 5 rings (SSSR count). The fourth-order valence-corrected chi connectivity index (χ4v) is 5.42. The van der Waals surface area contributed by atoms with E-state index in [0.29, 0.717) is 0 Å². The van der Waals surface area contributed by atoms with Crippen molar-refractivity contribution in [2.45, 2.75) is 56.9 Å². The predicted molar refractivity (Wildman–Crippen MR) is 150 cm³/mol. The first-order valence-electron chi connectivity index (χ1n) is 13.6. The highest BCUT2D eigenvalue weighted by Crippen LogP contribution is 2.44. The number of amides is 2. The fourth-order valence-electron chi connectivity index (χ4n) is 5.42. The summed E-state index contributed by atoms with van der Waals surface area (Å²) in [5, 5.41) is 15.2. The van der Waals surface area contributed by atoms with Crippen molar-refractivity contribution in [3.05, 3.63) is 95.6 Å². The van der Waals surface area contributed by atoms with Gasteiger partial charge in [0.15, 0.2) is 6.04 Å². The molecule has 2 amide bonds. The highest BCUT2D eigenvalue weighted by Gasteiger charge is 2.50. The summed E-state index contributed by atoms with van der Waals surface area (Å²) >= 11 is 0. The zero-order valence-electron chi connectivity index (χ0n) is 22.6. The van der Waals surface area contributed by atoms with Crippen LogP contribution >= 0.6 is 0 Å². The van der Waals surface area contributed by atoms with Gasteiger partial charge in [-0.1, -0.05) is 78.9 Å². The molecule has 1 fully saturated rings. The van der Waals surface area contributed by atoms with Crippen LogP contribution in [0.4, 0.5) is 4.79 Å². The van der Waals surface area contributed by atoms with E-state index in [0.717, 1.165) is 40.7 Å². The zero-order valence-corrected chi connectivity index (χ0v) is 22.6. The summed E-state index contributed by atoms with van der Waals surface area (Å²) in [6, 6.07) is 24.2. The van der Waals surface area contributed by atoms with Crippen LogP contribution in [-0.2, 0) is 25.7 Å². The molecule has 3 atom stereocenters. The molecule has 1 unspecified atom stereocenters. The molecule has 8 heteroatoms. The van der Waals surface area contributed by atoms with Gasteiger partial charge in [-0.25, -0.2) is 9.59 Å². The quantitative estimate of drug-likeness (QED) is 0.319. The van der Waals surface area contributed by atoms with Gasteiger partial charge in [0, 0.05) is 5.92 Å². The number of fused-ring (bicyclic) bond motifs is 3. The zero-order chi connectivity index (χ0) is 28.3. The van der Waals surface area contributed by atoms with Crippen molar-refractivity contribution in [1.29, 1.82) is 0 Å². The van der Waals surface area contributed by atoms with Gasteiger partial charge < -0.3 is 25.2 Å².